The third-order valence-electron chi connectivity index (χ3n) is 1.57. The monoisotopic (exact) mass is 302 g/mol. The Balaban J connectivity index is 2.60. The second kappa shape index (κ2) is 5.80. The first-order valence-corrected chi connectivity index (χ1v) is 5.40. The average Bonchev–Trinajstić information content (AvgIpc) is 2.17. The average molecular weight is 302 g/mol. The summed E-state index contributed by atoms with van der Waals surface area (Å²) in [6, 6.07) is 7.89. The summed E-state index contributed by atoms with van der Waals surface area (Å²) in [5, 5.41) is 0. The summed E-state index contributed by atoms with van der Waals surface area (Å²) in [6.07, 6.45) is 3.18. The van der Waals surface area contributed by atoms with Crippen molar-refractivity contribution in [2.75, 3.05) is 6.61 Å². The number of ether oxygens (including phenoxy) is 1. The van der Waals surface area contributed by atoms with Crippen LogP contribution in [0.5, 0.6) is 0 Å². The zero-order chi connectivity index (χ0) is 10.4. The van der Waals surface area contributed by atoms with E-state index < -0.39 is 0 Å². The zero-order valence-electron chi connectivity index (χ0n) is 7.87. The van der Waals surface area contributed by atoms with E-state index in [0.717, 1.165) is 5.56 Å². The van der Waals surface area contributed by atoms with Crippen LogP contribution in [0.15, 0.2) is 30.3 Å². The highest BCUT2D eigenvalue weighted by Crippen LogP contribution is 2.07. The minimum Gasteiger partial charge on any atom is -0.463 e. The molecule has 14 heavy (non-hydrogen) atoms. The number of rotatable bonds is 3. The molecule has 3 heteroatoms. The Hall–Kier alpha value is -0.840. The molecular weight excluding hydrogens is 291 g/mol. The van der Waals surface area contributed by atoms with E-state index in [1.165, 1.54) is 9.65 Å². The van der Waals surface area contributed by atoms with Gasteiger partial charge in [0.1, 0.15) is 0 Å². The molecule has 1 aromatic carbocycles. The molecule has 0 radical (unpaired) electrons. The fraction of sp³-hybridized carbons (Fsp3) is 0.182. The predicted molar refractivity (Wildman–Crippen MR) is 64.8 cm³/mol. The summed E-state index contributed by atoms with van der Waals surface area (Å²) in [5.41, 5.74) is 0.999. The summed E-state index contributed by atoms with van der Waals surface area (Å²) in [5.74, 6) is -0.300. The van der Waals surface area contributed by atoms with Gasteiger partial charge in [-0.3, -0.25) is 0 Å². The van der Waals surface area contributed by atoms with E-state index in [9.17, 15) is 4.79 Å². The smallest absolute Gasteiger partial charge is 0.330 e. The highest BCUT2D eigenvalue weighted by molar-refractivity contribution is 14.1. The lowest BCUT2D eigenvalue weighted by molar-refractivity contribution is -0.137. The van der Waals surface area contributed by atoms with Crippen molar-refractivity contribution in [3.8, 4) is 0 Å². The lowest BCUT2D eigenvalue weighted by atomic mass is 10.2. The molecule has 2 nitrogen and oxygen atoms in total. The third kappa shape index (κ3) is 3.91. The van der Waals surface area contributed by atoms with Crippen LogP contribution < -0.4 is 0 Å². The molecule has 0 saturated carbocycles. The molecule has 0 atom stereocenters. The number of esters is 1. The van der Waals surface area contributed by atoms with E-state index in [1.807, 2.05) is 24.3 Å². The quantitative estimate of drug-likeness (QED) is 0.487. The van der Waals surface area contributed by atoms with Gasteiger partial charge in [0, 0.05) is 9.65 Å². The van der Waals surface area contributed by atoms with E-state index in [4.69, 9.17) is 4.74 Å². The maximum absolute atomic E-state index is 11.0. The van der Waals surface area contributed by atoms with Crippen LogP contribution in [0, 0.1) is 3.57 Å². The molecule has 0 N–H and O–H groups in total. The molecule has 0 aromatic heterocycles. The zero-order valence-corrected chi connectivity index (χ0v) is 10.0. The number of halogens is 1. The van der Waals surface area contributed by atoms with Crippen molar-refractivity contribution in [2.45, 2.75) is 6.92 Å². The summed E-state index contributed by atoms with van der Waals surface area (Å²) in [6.45, 7) is 2.20. The first-order chi connectivity index (χ1) is 6.72. The Morgan fingerprint density at radius 3 is 2.64 bits per heavy atom. The minimum absolute atomic E-state index is 0.300. The Bertz CT molecular complexity index is 328. The van der Waals surface area contributed by atoms with E-state index in [0.29, 0.717) is 6.61 Å². The fourth-order valence-electron chi connectivity index (χ4n) is 0.929. The van der Waals surface area contributed by atoms with Crippen molar-refractivity contribution < 1.29 is 9.53 Å². The summed E-state index contributed by atoms with van der Waals surface area (Å²) < 4.78 is 5.94. The maximum atomic E-state index is 11.0. The largest absolute Gasteiger partial charge is 0.463 e. The molecule has 0 aliphatic carbocycles. The van der Waals surface area contributed by atoms with Gasteiger partial charge in [0.15, 0.2) is 0 Å². The lowest BCUT2D eigenvalue weighted by Crippen LogP contribution is -1.98. The molecule has 0 unspecified atom stereocenters. The van der Waals surface area contributed by atoms with Crippen molar-refractivity contribution in [3.05, 3.63) is 39.5 Å². The molecule has 0 spiro atoms. The van der Waals surface area contributed by atoms with E-state index in [2.05, 4.69) is 22.6 Å². The first kappa shape index (κ1) is 11.2. The fourth-order valence-corrected chi connectivity index (χ4v) is 1.29. The van der Waals surface area contributed by atoms with Gasteiger partial charge in [-0.2, -0.15) is 0 Å². The number of hydrogen-bond donors (Lipinski definition) is 0. The Kier molecular flexibility index (Phi) is 4.65. The van der Waals surface area contributed by atoms with Crippen molar-refractivity contribution in [2.24, 2.45) is 0 Å². The van der Waals surface area contributed by atoms with Crippen LogP contribution in [0.25, 0.3) is 6.08 Å². The van der Waals surface area contributed by atoms with Gasteiger partial charge < -0.3 is 4.74 Å². The van der Waals surface area contributed by atoms with Crippen molar-refractivity contribution in [1.29, 1.82) is 0 Å². The molecule has 0 saturated heterocycles. The van der Waals surface area contributed by atoms with E-state index in [1.54, 1.807) is 13.0 Å². The maximum Gasteiger partial charge on any atom is 0.330 e. The minimum atomic E-state index is -0.300. The van der Waals surface area contributed by atoms with Crippen LogP contribution in [-0.2, 0) is 9.53 Å². The standard InChI is InChI=1S/C11H11IO2/c1-2-14-11(13)8-5-9-3-6-10(12)7-4-9/h3-8H,2H2,1H3. The molecule has 0 aliphatic rings. The Labute approximate surface area is 97.1 Å². The van der Waals surface area contributed by atoms with Gasteiger partial charge >= 0.3 is 5.97 Å². The molecule has 0 bridgehead atoms. The predicted octanol–water partition coefficient (Wildman–Crippen LogP) is 2.87. The van der Waals surface area contributed by atoms with Gasteiger partial charge in [-0.1, -0.05) is 12.1 Å². The summed E-state index contributed by atoms with van der Waals surface area (Å²) >= 11 is 2.24. The van der Waals surface area contributed by atoms with Crippen LogP contribution in [-0.4, -0.2) is 12.6 Å². The van der Waals surface area contributed by atoms with Gasteiger partial charge in [0.25, 0.3) is 0 Å². The normalized spacial score (nSPS) is 10.4. The Morgan fingerprint density at radius 1 is 1.43 bits per heavy atom. The molecule has 1 rings (SSSR count). The Morgan fingerprint density at radius 2 is 2.07 bits per heavy atom. The molecule has 0 amide bonds. The number of carbonyl (C=O) groups excluding carboxylic acids is 1. The van der Waals surface area contributed by atoms with E-state index in [-0.39, 0.29) is 5.97 Å². The molecule has 1 aromatic rings. The van der Waals surface area contributed by atoms with Gasteiger partial charge in [0.2, 0.25) is 0 Å². The molecular formula is C11H11IO2. The van der Waals surface area contributed by atoms with Crippen LogP contribution in [0.1, 0.15) is 12.5 Å². The van der Waals surface area contributed by atoms with Crippen LogP contribution in [0.2, 0.25) is 0 Å². The van der Waals surface area contributed by atoms with Gasteiger partial charge in [-0.15, -0.1) is 0 Å². The van der Waals surface area contributed by atoms with Crippen LogP contribution >= 0.6 is 22.6 Å². The second-order valence-electron chi connectivity index (χ2n) is 2.64. The summed E-state index contributed by atoms with van der Waals surface area (Å²) in [4.78, 5) is 11.0. The third-order valence-corrected chi connectivity index (χ3v) is 2.29. The van der Waals surface area contributed by atoms with Crippen molar-refractivity contribution >= 4 is 34.6 Å². The van der Waals surface area contributed by atoms with Gasteiger partial charge in [-0.05, 0) is 53.3 Å². The molecule has 0 fully saturated rings. The van der Waals surface area contributed by atoms with Crippen molar-refractivity contribution in [3.63, 3.8) is 0 Å². The first-order valence-electron chi connectivity index (χ1n) is 4.33. The number of benzene rings is 1. The highest BCUT2D eigenvalue weighted by atomic mass is 127. The number of carbonyl (C=O) groups is 1. The highest BCUT2D eigenvalue weighted by Gasteiger charge is 1.93. The topological polar surface area (TPSA) is 26.3 Å². The lowest BCUT2D eigenvalue weighted by Gasteiger charge is -1.95. The van der Waals surface area contributed by atoms with Gasteiger partial charge in [0.05, 0.1) is 6.61 Å². The molecule has 0 heterocycles. The van der Waals surface area contributed by atoms with Gasteiger partial charge in [-0.25, -0.2) is 4.79 Å². The number of hydrogen-bond acceptors (Lipinski definition) is 2. The van der Waals surface area contributed by atoms with Crippen LogP contribution in [0.3, 0.4) is 0 Å². The van der Waals surface area contributed by atoms with Crippen molar-refractivity contribution in [1.82, 2.24) is 0 Å². The summed E-state index contributed by atoms with van der Waals surface area (Å²) in [7, 11) is 0. The van der Waals surface area contributed by atoms with Crippen LogP contribution in [0.4, 0.5) is 0 Å². The SMILES string of the molecule is CCOC(=O)C=Cc1ccc(I)cc1. The molecule has 0 aliphatic heterocycles. The van der Waals surface area contributed by atoms with E-state index >= 15 is 0 Å². The second-order valence-corrected chi connectivity index (χ2v) is 3.88. The molecule has 74 valence electrons.